The first-order valence-corrected chi connectivity index (χ1v) is 22.7. The third kappa shape index (κ3) is 107. The minimum absolute atomic E-state index is 0.365. The van der Waals surface area contributed by atoms with Gasteiger partial charge in [-0.3, -0.25) is 0 Å². The van der Waals surface area contributed by atoms with Gasteiger partial charge in [0, 0.05) is 0 Å². The Morgan fingerprint density at radius 1 is 0.611 bits per heavy atom. The summed E-state index contributed by atoms with van der Waals surface area (Å²) < 4.78 is 0. The molecule has 0 heterocycles. The van der Waals surface area contributed by atoms with Crippen LogP contribution in [0.2, 0.25) is 0 Å². The van der Waals surface area contributed by atoms with E-state index in [9.17, 15) is 0 Å². The van der Waals surface area contributed by atoms with Gasteiger partial charge in [-0.1, -0.05) is 0 Å². The first kappa shape index (κ1) is 30.5. The van der Waals surface area contributed by atoms with Gasteiger partial charge in [-0.15, -0.1) is 0 Å². The van der Waals surface area contributed by atoms with Crippen LogP contribution in [-0.4, -0.2) is 34.6 Å². The molecule has 0 spiro atoms. The summed E-state index contributed by atoms with van der Waals surface area (Å²) in [6.45, 7) is -0.729. The van der Waals surface area contributed by atoms with Gasteiger partial charge in [-0.05, 0) is 0 Å². The van der Waals surface area contributed by atoms with Crippen molar-refractivity contribution in [3.05, 3.63) is 0 Å². The number of aliphatic hydroxyl groups is 3. The van der Waals surface area contributed by atoms with Crippen LogP contribution in [0.3, 0.4) is 0 Å². The third-order valence-electron chi connectivity index (χ3n) is 0.421. The molecule has 0 aliphatic carbocycles. The zero-order valence-corrected chi connectivity index (χ0v) is 19.7. The Balaban J connectivity index is -0.0000000742. The molecule has 113 valence electrons. The molecule has 0 amide bonds. The predicted octanol–water partition coefficient (Wildman–Crippen LogP) is 4.53. The molecule has 18 heavy (non-hydrogen) atoms. The van der Waals surface area contributed by atoms with Crippen molar-refractivity contribution in [2.24, 2.45) is 0 Å². The van der Waals surface area contributed by atoms with Crippen LogP contribution >= 0.6 is 83.7 Å². The third-order valence-corrected chi connectivity index (χ3v) is 0.421. The molecule has 0 saturated heterocycles. The van der Waals surface area contributed by atoms with E-state index in [4.69, 9.17) is 99.1 Å². The zero-order valence-electron chi connectivity index (χ0n) is 8.23. The van der Waals surface area contributed by atoms with Crippen molar-refractivity contribution < 1.29 is 59.4 Å². The molecule has 0 rings (SSSR count). The van der Waals surface area contributed by atoms with Crippen LogP contribution in [0.5, 0.6) is 0 Å². The Labute approximate surface area is 159 Å². The van der Waals surface area contributed by atoms with Crippen molar-refractivity contribution in [1.82, 2.24) is 0 Å². The molecular weight excluding hydrogens is 547 g/mol. The topological polar surface area (TPSA) is 60.7 Å². The number of rotatable bonds is 2. The second kappa shape index (κ2) is 26.5. The first-order chi connectivity index (χ1) is 8.00. The molecule has 0 aliphatic rings. The number of hydrogen-bond donors (Lipinski definition) is 3. The summed E-state index contributed by atoms with van der Waals surface area (Å²) in [5, 5.41) is 24.0. The van der Waals surface area contributed by atoms with Crippen molar-refractivity contribution in [3.63, 3.8) is 0 Å². The normalized spacial score (nSPS) is 7.83. The van der Waals surface area contributed by atoms with Gasteiger partial charge in [-0.2, -0.15) is 0 Å². The van der Waals surface area contributed by atoms with Crippen LogP contribution in [-0.2, 0) is 44.1 Å². The zero-order chi connectivity index (χ0) is 15.7. The fraction of sp³-hybridized carbons (Fsp3) is 1.00. The maximum atomic E-state index is 8.17. The molecule has 0 fully saturated rings. The molecule has 0 aromatic carbocycles. The SMILES string of the molecule is OCC(O)CO.[Cl][Ti]([Cl])[Cl].[Cl][Ti]([Cl])[Cl].[Cl][Ti]([Cl])[Cl]. The Morgan fingerprint density at radius 3 is 0.722 bits per heavy atom. The average molecular weight is 555 g/mol. The number of aliphatic hydroxyl groups excluding tert-OH is 3. The summed E-state index contributed by atoms with van der Waals surface area (Å²) in [6.07, 6.45) is -0.954. The van der Waals surface area contributed by atoms with E-state index in [-0.39, 0.29) is 13.2 Å². The summed E-state index contributed by atoms with van der Waals surface area (Å²) in [5.41, 5.74) is 0. The van der Waals surface area contributed by atoms with Crippen molar-refractivity contribution in [2.45, 2.75) is 6.10 Å². The summed E-state index contributed by atoms with van der Waals surface area (Å²) in [4.78, 5) is 0. The molecule has 3 nitrogen and oxygen atoms in total. The van der Waals surface area contributed by atoms with E-state index in [0.29, 0.717) is 0 Å². The van der Waals surface area contributed by atoms with Crippen LogP contribution in [0.4, 0.5) is 0 Å². The second-order valence-corrected chi connectivity index (χ2v) is 24.9. The summed E-state index contributed by atoms with van der Waals surface area (Å²) in [5.74, 6) is 0. The Kier molecular flexibility index (Phi) is 45.0. The molecule has 3 N–H and O–H groups in total. The van der Waals surface area contributed by atoms with Crippen molar-refractivity contribution in [2.75, 3.05) is 13.2 Å². The summed E-state index contributed by atoms with van der Waals surface area (Å²) in [7, 11) is 44.7. The predicted molar refractivity (Wildman–Crippen MR) is 72.9 cm³/mol. The van der Waals surface area contributed by atoms with E-state index in [1.165, 1.54) is 0 Å². The maximum absolute atomic E-state index is 8.17. The molecule has 0 bridgehead atoms. The van der Waals surface area contributed by atoms with Gasteiger partial charge in [-0.25, -0.2) is 0 Å². The molecule has 0 aromatic rings. The monoisotopic (exact) mass is 551 g/mol. The molecule has 0 saturated carbocycles. The molecule has 0 aromatic heterocycles. The minimum atomic E-state index is -1.92. The molecule has 0 radical (unpaired) electrons. The molecule has 0 unspecified atom stereocenters. The van der Waals surface area contributed by atoms with Gasteiger partial charge in [0.1, 0.15) is 6.10 Å². The van der Waals surface area contributed by atoms with Crippen LogP contribution in [0.15, 0.2) is 0 Å². The van der Waals surface area contributed by atoms with Crippen LogP contribution < -0.4 is 0 Å². The van der Waals surface area contributed by atoms with Gasteiger partial charge in [0.15, 0.2) is 0 Å². The fourth-order valence-electron chi connectivity index (χ4n) is 0.0577. The van der Waals surface area contributed by atoms with Gasteiger partial charge in [0.05, 0.1) is 13.2 Å². The van der Waals surface area contributed by atoms with E-state index in [0.717, 1.165) is 0 Å². The fourth-order valence-corrected chi connectivity index (χ4v) is 0.0577. The Hall–Kier alpha value is 4.63. The summed E-state index contributed by atoms with van der Waals surface area (Å²) in [6, 6.07) is 0. The van der Waals surface area contributed by atoms with E-state index in [1.807, 2.05) is 0 Å². The number of hydrogen-bond acceptors (Lipinski definition) is 3. The number of halogens is 9. The first-order valence-electron chi connectivity index (χ1n) is 3.41. The standard InChI is InChI=1S/C3H8O3.9ClH.3Ti/c4-1-3(6)2-5;;;;;;;;;;;;/h3-6H,1-2H2;9*1H;;;/q;;;;;;;;;;3*+3/p-9. The van der Waals surface area contributed by atoms with Crippen LogP contribution in [0.25, 0.3) is 0 Å². The Morgan fingerprint density at radius 2 is 0.722 bits per heavy atom. The Bertz CT molecular complexity index is 106. The van der Waals surface area contributed by atoms with Crippen molar-refractivity contribution in [1.29, 1.82) is 0 Å². The van der Waals surface area contributed by atoms with E-state index >= 15 is 0 Å². The van der Waals surface area contributed by atoms with Gasteiger partial charge < -0.3 is 15.3 Å². The quantitative estimate of drug-likeness (QED) is 0.440. The van der Waals surface area contributed by atoms with E-state index in [1.54, 1.807) is 0 Å². The van der Waals surface area contributed by atoms with E-state index in [2.05, 4.69) is 0 Å². The van der Waals surface area contributed by atoms with Gasteiger partial charge in [0.2, 0.25) is 0 Å². The average Bonchev–Trinajstić information content (AvgIpc) is 2.13. The second-order valence-electron chi connectivity index (χ2n) is 1.66. The van der Waals surface area contributed by atoms with E-state index < -0.39 is 50.2 Å². The van der Waals surface area contributed by atoms with Crippen LogP contribution in [0, 0.1) is 0 Å². The molecule has 0 aliphatic heterocycles. The molecule has 15 heteroatoms. The summed E-state index contributed by atoms with van der Waals surface area (Å²) >= 11 is -5.75. The van der Waals surface area contributed by atoms with Gasteiger partial charge in [0.25, 0.3) is 0 Å². The molecular formula is C3H8Cl9O3Ti3. The van der Waals surface area contributed by atoms with Crippen molar-refractivity contribution in [3.8, 4) is 0 Å². The van der Waals surface area contributed by atoms with Crippen molar-refractivity contribution >= 4 is 83.7 Å². The molecule has 0 atom stereocenters. The van der Waals surface area contributed by atoms with Crippen LogP contribution in [0.1, 0.15) is 0 Å². The van der Waals surface area contributed by atoms with Gasteiger partial charge >= 0.3 is 128 Å².